The molecule has 1 aliphatic rings. The van der Waals surface area contributed by atoms with E-state index in [9.17, 15) is 14.3 Å². The maximum absolute atomic E-state index is 14.9. The fourth-order valence-electron chi connectivity index (χ4n) is 5.05. The Kier molecular flexibility index (Phi) is 7.04. The van der Waals surface area contributed by atoms with E-state index in [1.165, 1.54) is 24.3 Å². The Labute approximate surface area is 226 Å². The summed E-state index contributed by atoms with van der Waals surface area (Å²) in [5, 5.41) is 21.7. The van der Waals surface area contributed by atoms with Gasteiger partial charge in [-0.15, -0.1) is 10.2 Å². The quantitative estimate of drug-likeness (QED) is 0.301. The first kappa shape index (κ1) is 25.7. The molecule has 38 heavy (non-hydrogen) atoms. The second-order valence-electron chi connectivity index (χ2n) is 9.64. The molecule has 0 saturated carbocycles. The Hall–Kier alpha value is -3.97. The summed E-state index contributed by atoms with van der Waals surface area (Å²) in [5.41, 5.74) is 3.11. The third kappa shape index (κ3) is 4.58. The summed E-state index contributed by atoms with van der Waals surface area (Å²) in [7, 11) is 0. The van der Waals surface area contributed by atoms with Crippen LogP contribution in [0.4, 0.5) is 10.2 Å². The van der Waals surface area contributed by atoms with Crippen molar-refractivity contribution in [2.75, 3.05) is 31.1 Å². The van der Waals surface area contributed by atoms with E-state index in [4.69, 9.17) is 11.6 Å². The first-order valence-corrected chi connectivity index (χ1v) is 12.9. The molecule has 0 radical (unpaired) electrons. The molecule has 1 amide bonds. The molecular formula is C30H28ClFN4O2. The molecule has 1 aliphatic heterocycles. The average Bonchev–Trinajstić information content (AvgIpc) is 2.92. The van der Waals surface area contributed by atoms with E-state index in [2.05, 4.69) is 41.6 Å². The smallest absolute Gasteiger partial charge is 0.246 e. The molecule has 1 aromatic heterocycles. The van der Waals surface area contributed by atoms with Crippen LogP contribution in [0.3, 0.4) is 0 Å². The van der Waals surface area contributed by atoms with Crippen LogP contribution in [-0.4, -0.2) is 52.3 Å². The molecule has 194 valence electrons. The zero-order valence-electron chi connectivity index (χ0n) is 21.3. The Bertz CT molecular complexity index is 1530. The summed E-state index contributed by atoms with van der Waals surface area (Å²) in [6.45, 7) is 10.0. The normalized spacial score (nSPS) is 13.8. The molecular weight excluding hydrogens is 503 g/mol. The zero-order valence-corrected chi connectivity index (χ0v) is 22.0. The van der Waals surface area contributed by atoms with E-state index in [1.54, 1.807) is 17.0 Å². The largest absolute Gasteiger partial charge is 0.507 e. The number of rotatable bonds is 5. The number of phenolic OH excluding ortho intramolecular Hbond substituents is 1. The number of phenols is 1. The van der Waals surface area contributed by atoms with Crippen molar-refractivity contribution in [3.63, 3.8) is 0 Å². The van der Waals surface area contributed by atoms with E-state index < -0.39 is 5.82 Å². The average molecular weight is 531 g/mol. The number of aromatic hydroxyl groups is 1. The number of benzene rings is 3. The Balaban J connectivity index is 1.73. The van der Waals surface area contributed by atoms with Crippen LogP contribution in [0.1, 0.15) is 25.3 Å². The highest BCUT2D eigenvalue weighted by Crippen LogP contribution is 2.43. The molecule has 8 heteroatoms. The lowest BCUT2D eigenvalue weighted by molar-refractivity contribution is -0.126. The van der Waals surface area contributed by atoms with Gasteiger partial charge in [0.2, 0.25) is 5.91 Å². The van der Waals surface area contributed by atoms with Crippen LogP contribution in [0.5, 0.6) is 5.75 Å². The molecule has 5 rings (SSSR count). The molecule has 2 heterocycles. The zero-order chi connectivity index (χ0) is 27.0. The van der Waals surface area contributed by atoms with Crippen LogP contribution in [-0.2, 0) is 4.79 Å². The van der Waals surface area contributed by atoms with Crippen LogP contribution in [0, 0.1) is 5.82 Å². The summed E-state index contributed by atoms with van der Waals surface area (Å²) in [6, 6.07) is 15.8. The third-order valence-corrected chi connectivity index (χ3v) is 7.33. The van der Waals surface area contributed by atoms with Gasteiger partial charge in [0.1, 0.15) is 17.3 Å². The summed E-state index contributed by atoms with van der Waals surface area (Å²) in [4.78, 5) is 15.9. The Morgan fingerprint density at radius 3 is 2.45 bits per heavy atom. The van der Waals surface area contributed by atoms with Gasteiger partial charge >= 0.3 is 0 Å². The van der Waals surface area contributed by atoms with Crippen molar-refractivity contribution in [1.29, 1.82) is 0 Å². The van der Waals surface area contributed by atoms with Gasteiger partial charge < -0.3 is 14.9 Å². The number of fused-ring (bicyclic) bond motifs is 1. The maximum atomic E-state index is 14.9. The Morgan fingerprint density at radius 2 is 1.76 bits per heavy atom. The van der Waals surface area contributed by atoms with Crippen molar-refractivity contribution in [3.8, 4) is 28.1 Å². The van der Waals surface area contributed by atoms with Crippen molar-refractivity contribution in [1.82, 2.24) is 15.1 Å². The van der Waals surface area contributed by atoms with E-state index in [1.807, 2.05) is 18.2 Å². The lowest BCUT2D eigenvalue weighted by Crippen LogP contribution is -2.48. The number of halogens is 2. The Morgan fingerprint density at radius 1 is 1.03 bits per heavy atom. The highest BCUT2D eigenvalue weighted by Gasteiger charge is 2.25. The minimum atomic E-state index is -0.569. The number of aromatic nitrogens is 2. The van der Waals surface area contributed by atoms with Crippen molar-refractivity contribution < 1.29 is 14.3 Å². The van der Waals surface area contributed by atoms with Crippen LogP contribution in [0.25, 0.3) is 33.2 Å². The monoisotopic (exact) mass is 530 g/mol. The van der Waals surface area contributed by atoms with E-state index >= 15 is 0 Å². The minimum Gasteiger partial charge on any atom is -0.507 e. The summed E-state index contributed by atoms with van der Waals surface area (Å²) >= 11 is 6.75. The molecule has 4 aromatic rings. The number of anilines is 1. The number of amides is 1. The lowest BCUT2D eigenvalue weighted by Gasteiger charge is -2.35. The standard InChI is InChI=1S/C30H28ClFN4O2/c1-4-27(38)35-12-14-36(15-13-35)30-22-17-24(31)23(28-25(32)10-7-11-26(28)37)16-21(22)29(33-34-30)20-9-6-5-8-19(20)18(2)3/h4-11,16-18,37H,1,12-15H2,2-3H3. The maximum Gasteiger partial charge on any atom is 0.246 e. The molecule has 0 spiro atoms. The molecule has 0 unspecified atom stereocenters. The number of hydrogen-bond donors (Lipinski definition) is 1. The van der Waals surface area contributed by atoms with Gasteiger partial charge in [-0.1, -0.05) is 62.4 Å². The number of nitrogens with zero attached hydrogens (tertiary/aromatic N) is 4. The van der Waals surface area contributed by atoms with E-state index in [0.717, 1.165) is 21.9 Å². The first-order valence-electron chi connectivity index (χ1n) is 12.5. The molecule has 1 saturated heterocycles. The molecule has 6 nitrogen and oxygen atoms in total. The SMILES string of the molecule is C=CC(=O)N1CCN(c2nnc(-c3ccccc3C(C)C)c3cc(-c4c(O)cccc4F)c(Cl)cc23)CC1. The van der Waals surface area contributed by atoms with Crippen molar-refractivity contribution >= 4 is 34.1 Å². The van der Waals surface area contributed by atoms with Crippen LogP contribution < -0.4 is 4.90 Å². The number of carbonyl (C=O) groups excluding carboxylic acids is 1. The second kappa shape index (κ2) is 10.4. The molecule has 1 N–H and O–H groups in total. The first-order chi connectivity index (χ1) is 18.3. The third-order valence-electron chi connectivity index (χ3n) is 7.01. The predicted molar refractivity (Wildman–Crippen MR) is 150 cm³/mol. The molecule has 0 atom stereocenters. The van der Waals surface area contributed by atoms with Gasteiger partial charge in [0, 0.05) is 53.1 Å². The van der Waals surface area contributed by atoms with E-state index in [0.29, 0.717) is 43.3 Å². The van der Waals surface area contributed by atoms with Gasteiger partial charge in [-0.2, -0.15) is 0 Å². The molecule has 1 fully saturated rings. The predicted octanol–water partition coefficient (Wildman–Crippen LogP) is 6.42. The van der Waals surface area contributed by atoms with Gasteiger partial charge in [0.25, 0.3) is 0 Å². The van der Waals surface area contributed by atoms with Crippen LogP contribution in [0.2, 0.25) is 5.02 Å². The number of hydrogen-bond acceptors (Lipinski definition) is 5. The second-order valence-corrected chi connectivity index (χ2v) is 10.0. The van der Waals surface area contributed by atoms with Gasteiger partial charge in [-0.25, -0.2) is 4.39 Å². The summed E-state index contributed by atoms with van der Waals surface area (Å²) in [5.74, 6) is 0.0168. The lowest BCUT2D eigenvalue weighted by atomic mass is 9.92. The van der Waals surface area contributed by atoms with Gasteiger partial charge in [0.05, 0.1) is 5.56 Å². The molecule has 0 bridgehead atoms. The summed E-state index contributed by atoms with van der Waals surface area (Å²) in [6.07, 6.45) is 1.32. The molecule has 0 aliphatic carbocycles. The van der Waals surface area contributed by atoms with Crippen molar-refractivity contribution in [2.24, 2.45) is 0 Å². The fourth-order valence-corrected chi connectivity index (χ4v) is 5.30. The highest BCUT2D eigenvalue weighted by molar-refractivity contribution is 6.34. The van der Waals surface area contributed by atoms with Gasteiger partial charge in [-0.3, -0.25) is 4.79 Å². The van der Waals surface area contributed by atoms with E-state index in [-0.39, 0.29) is 28.2 Å². The van der Waals surface area contributed by atoms with Gasteiger partial charge in [0.15, 0.2) is 5.82 Å². The van der Waals surface area contributed by atoms with Gasteiger partial charge in [-0.05, 0) is 41.8 Å². The minimum absolute atomic E-state index is 0.0393. The highest BCUT2D eigenvalue weighted by atomic mass is 35.5. The number of piperazine rings is 1. The van der Waals surface area contributed by atoms with Crippen molar-refractivity contribution in [3.05, 3.63) is 83.7 Å². The summed E-state index contributed by atoms with van der Waals surface area (Å²) < 4.78 is 14.9. The van der Waals surface area contributed by atoms with Crippen LogP contribution in [0.15, 0.2) is 67.3 Å². The van der Waals surface area contributed by atoms with Crippen LogP contribution >= 0.6 is 11.6 Å². The fraction of sp³-hybridized carbons (Fsp3) is 0.233. The van der Waals surface area contributed by atoms with Crippen molar-refractivity contribution in [2.45, 2.75) is 19.8 Å². The molecule has 3 aromatic carbocycles. The number of carbonyl (C=O) groups is 1. The topological polar surface area (TPSA) is 69.6 Å².